The molecule has 4 nitrogen and oxygen atoms in total. The van der Waals surface area contributed by atoms with Gasteiger partial charge in [-0.3, -0.25) is 9.59 Å². The molecular weight excluding hydrogens is 295 g/mol. The summed E-state index contributed by atoms with van der Waals surface area (Å²) in [5.41, 5.74) is 5.33. The molecule has 0 saturated carbocycles. The van der Waals surface area contributed by atoms with Gasteiger partial charge in [-0.25, -0.2) is 0 Å². The van der Waals surface area contributed by atoms with Crippen LogP contribution in [0.1, 0.15) is 17.3 Å². The molecule has 0 radical (unpaired) electrons. The summed E-state index contributed by atoms with van der Waals surface area (Å²) >= 11 is 9.13. The minimum Gasteiger partial charge on any atom is -0.368 e. The lowest BCUT2D eigenvalue weighted by molar-refractivity contribution is -0.119. The Morgan fingerprint density at radius 1 is 1.50 bits per heavy atom. The molecule has 0 aliphatic heterocycles. The summed E-state index contributed by atoms with van der Waals surface area (Å²) in [4.78, 5) is 22.5. The van der Waals surface area contributed by atoms with Gasteiger partial charge in [0.25, 0.3) is 5.91 Å². The van der Waals surface area contributed by atoms with E-state index in [1.54, 1.807) is 18.2 Å². The van der Waals surface area contributed by atoms with Crippen molar-refractivity contribution in [1.82, 2.24) is 5.32 Å². The molecule has 0 fully saturated rings. The van der Waals surface area contributed by atoms with E-state index < -0.39 is 17.9 Å². The quantitative estimate of drug-likeness (QED) is 0.892. The van der Waals surface area contributed by atoms with Crippen LogP contribution in [0.5, 0.6) is 0 Å². The molecule has 6 heteroatoms. The van der Waals surface area contributed by atoms with Crippen molar-refractivity contribution in [2.75, 3.05) is 0 Å². The van der Waals surface area contributed by atoms with E-state index in [1.807, 2.05) is 0 Å². The normalized spacial score (nSPS) is 11.9. The van der Waals surface area contributed by atoms with Crippen LogP contribution in [0.2, 0.25) is 5.02 Å². The van der Waals surface area contributed by atoms with Gasteiger partial charge in [0.05, 0.1) is 10.6 Å². The van der Waals surface area contributed by atoms with Gasteiger partial charge in [-0.15, -0.1) is 0 Å². The highest BCUT2D eigenvalue weighted by atomic mass is 79.9. The lowest BCUT2D eigenvalue weighted by Gasteiger charge is -2.11. The molecule has 0 spiro atoms. The van der Waals surface area contributed by atoms with E-state index in [9.17, 15) is 9.59 Å². The zero-order valence-corrected chi connectivity index (χ0v) is 10.8. The third-order valence-electron chi connectivity index (χ3n) is 1.97. The zero-order valence-electron chi connectivity index (χ0n) is 8.46. The van der Waals surface area contributed by atoms with E-state index >= 15 is 0 Å². The first kappa shape index (κ1) is 13.0. The minimum absolute atomic E-state index is 0.296. The Bertz CT molecular complexity index is 437. The Morgan fingerprint density at radius 3 is 2.69 bits per heavy atom. The van der Waals surface area contributed by atoms with Crippen molar-refractivity contribution >= 4 is 39.3 Å². The Kier molecular flexibility index (Phi) is 4.32. The first-order valence-electron chi connectivity index (χ1n) is 4.47. The summed E-state index contributed by atoms with van der Waals surface area (Å²) in [6.07, 6.45) is 0. The Morgan fingerprint density at radius 2 is 2.12 bits per heavy atom. The van der Waals surface area contributed by atoms with Gasteiger partial charge in [0.2, 0.25) is 5.91 Å². The predicted octanol–water partition coefficient (Wildman–Crippen LogP) is 1.71. The van der Waals surface area contributed by atoms with E-state index in [1.165, 1.54) is 6.92 Å². The van der Waals surface area contributed by atoms with Crippen LogP contribution >= 0.6 is 27.5 Å². The number of nitrogens with one attached hydrogen (secondary N) is 1. The van der Waals surface area contributed by atoms with Crippen molar-refractivity contribution in [2.24, 2.45) is 5.73 Å². The van der Waals surface area contributed by atoms with E-state index in [4.69, 9.17) is 17.3 Å². The van der Waals surface area contributed by atoms with E-state index in [0.29, 0.717) is 15.1 Å². The van der Waals surface area contributed by atoms with Crippen molar-refractivity contribution in [3.8, 4) is 0 Å². The lowest BCUT2D eigenvalue weighted by atomic mass is 10.2. The fourth-order valence-electron chi connectivity index (χ4n) is 1.02. The van der Waals surface area contributed by atoms with Gasteiger partial charge in [0.15, 0.2) is 0 Å². The van der Waals surface area contributed by atoms with Crippen LogP contribution in [-0.2, 0) is 4.79 Å². The van der Waals surface area contributed by atoms with Crippen LogP contribution in [-0.4, -0.2) is 17.9 Å². The molecule has 2 amide bonds. The first-order valence-corrected chi connectivity index (χ1v) is 5.64. The van der Waals surface area contributed by atoms with E-state index in [2.05, 4.69) is 21.2 Å². The van der Waals surface area contributed by atoms with Gasteiger partial charge >= 0.3 is 0 Å². The molecule has 1 aromatic rings. The lowest BCUT2D eigenvalue weighted by Crippen LogP contribution is -2.42. The van der Waals surface area contributed by atoms with E-state index in [0.717, 1.165) is 0 Å². The Balaban J connectivity index is 2.89. The summed E-state index contributed by atoms with van der Waals surface area (Å²) in [7, 11) is 0. The topological polar surface area (TPSA) is 72.2 Å². The van der Waals surface area contributed by atoms with Crippen molar-refractivity contribution in [3.63, 3.8) is 0 Å². The van der Waals surface area contributed by atoms with Crippen molar-refractivity contribution < 1.29 is 9.59 Å². The van der Waals surface area contributed by atoms with Gasteiger partial charge in [-0.2, -0.15) is 0 Å². The van der Waals surface area contributed by atoms with Gasteiger partial charge in [-0.05, 0) is 35.0 Å². The number of amides is 2. The van der Waals surface area contributed by atoms with Crippen molar-refractivity contribution in [2.45, 2.75) is 13.0 Å². The number of carbonyl (C=O) groups excluding carboxylic acids is 2. The fourth-order valence-corrected chi connectivity index (χ4v) is 1.60. The van der Waals surface area contributed by atoms with Gasteiger partial charge < -0.3 is 11.1 Å². The summed E-state index contributed by atoms with van der Waals surface area (Å²) in [5, 5.41) is 2.75. The van der Waals surface area contributed by atoms with Crippen LogP contribution in [0, 0.1) is 0 Å². The summed E-state index contributed by atoms with van der Waals surface area (Å²) in [6.45, 7) is 1.51. The molecule has 0 aromatic heterocycles. The Labute approximate surface area is 106 Å². The molecule has 1 atom stereocenters. The zero-order chi connectivity index (χ0) is 12.3. The molecular formula is C10H10BrClN2O2. The van der Waals surface area contributed by atoms with Crippen molar-refractivity contribution in [1.29, 1.82) is 0 Å². The number of benzene rings is 1. The molecule has 0 saturated heterocycles. The highest BCUT2D eigenvalue weighted by Crippen LogP contribution is 2.25. The average Bonchev–Trinajstić information content (AvgIpc) is 2.21. The maximum Gasteiger partial charge on any atom is 0.253 e. The number of hydrogen-bond donors (Lipinski definition) is 2. The molecule has 3 N–H and O–H groups in total. The number of hydrogen-bond acceptors (Lipinski definition) is 2. The highest BCUT2D eigenvalue weighted by Gasteiger charge is 2.16. The minimum atomic E-state index is -0.734. The van der Waals surface area contributed by atoms with Crippen LogP contribution in [0.25, 0.3) is 0 Å². The second-order valence-corrected chi connectivity index (χ2v) is 4.43. The van der Waals surface area contributed by atoms with Crippen LogP contribution in [0.15, 0.2) is 22.7 Å². The molecule has 16 heavy (non-hydrogen) atoms. The van der Waals surface area contributed by atoms with Crippen LogP contribution < -0.4 is 11.1 Å². The second kappa shape index (κ2) is 5.32. The third-order valence-corrected chi connectivity index (χ3v) is 3.27. The molecule has 0 aliphatic carbocycles. The largest absolute Gasteiger partial charge is 0.368 e. The third kappa shape index (κ3) is 2.96. The molecule has 86 valence electrons. The number of nitrogens with two attached hydrogens (primary N) is 1. The van der Waals surface area contributed by atoms with Gasteiger partial charge in [-0.1, -0.05) is 17.7 Å². The van der Waals surface area contributed by atoms with Crippen LogP contribution in [0.4, 0.5) is 0 Å². The second-order valence-electron chi connectivity index (χ2n) is 3.20. The van der Waals surface area contributed by atoms with E-state index in [-0.39, 0.29) is 0 Å². The van der Waals surface area contributed by atoms with Gasteiger partial charge in [0.1, 0.15) is 6.04 Å². The number of carbonyl (C=O) groups is 2. The highest BCUT2D eigenvalue weighted by molar-refractivity contribution is 9.10. The molecule has 1 aromatic carbocycles. The first-order chi connectivity index (χ1) is 7.43. The molecule has 1 unspecified atom stereocenters. The Hall–Kier alpha value is -1.07. The maximum atomic E-state index is 11.7. The standard InChI is InChI=1S/C10H10BrClN2O2/c1-5(9(13)15)14-10(16)6-3-2-4-7(11)8(6)12/h2-5H,1H3,(H2,13,15)(H,14,16). The number of rotatable bonds is 3. The SMILES string of the molecule is CC(NC(=O)c1cccc(Br)c1Cl)C(N)=O. The summed E-state index contributed by atoms with van der Waals surface area (Å²) < 4.78 is 0.619. The smallest absolute Gasteiger partial charge is 0.253 e. The average molecular weight is 306 g/mol. The molecule has 0 heterocycles. The molecule has 0 bridgehead atoms. The summed E-state index contributed by atoms with van der Waals surface area (Å²) in [6, 6.07) is 4.23. The molecule has 1 rings (SSSR count). The number of halogens is 2. The molecule has 0 aliphatic rings. The number of primary amides is 1. The van der Waals surface area contributed by atoms with Gasteiger partial charge in [0, 0.05) is 4.47 Å². The van der Waals surface area contributed by atoms with Crippen LogP contribution in [0.3, 0.4) is 0 Å². The predicted molar refractivity (Wildman–Crippen MR) is 65.3 cm³/mol. The fraction of sp³-hybridized carbons (Fsp3) is 0.200. The maximum absolute atomic E-state index is 11.7. The van der Waals surface area contributed by atoms with Crippen molar-refractivity contribution in [3.05, 3.63) is 33.3 Å². The monoisotopic (exact) mass is 304 g/mol. The summed E-state index contributed by atoms with van der Waals surface area (Å²) in [5.74, 6) is -1.03.